The van der Waals surface area contributed by atoms with Gasteiger partial charge in [-0.15, -0.1) is 12.4 Å². The van der Waals surface area contributed by atoms with Crippen molar-refractivity contribution < 1.29 is 4.39 Å². The second kappa shape index (κ2) is 5.99. The first-order chi connectivity index (χ1) is 6.11. The monoisotopic (exact) mass is 217 g/mol. The smallest absolute Gasteiger partial charge is 0.127 e. The van der Waals surface area contributed by atoms with Gasteiger partial charge in [-0.3, -0.25) is 0 Å². The first kappa shape index (κ1) is 13.4. The van der Waals surface area contributed by atoms with Crippen LogP contribution in [0, 0.1) is 11.7 Å². The minimum absolute atomic E-state index is 0. The summed E-state index contributed by atoms with van der Waals surface area (Å²) in [7, 11) is 0. The Morgan fingerprint density at radius 1 is 1.29 bits per heavy atom. The van der Waals surface area contributed by atoms with Crippen LogP contribution in [0.5, 0.6) is 0 Å². The molecule has 0 amide bonds. The second-order valence-electron chi connectivity index (χ2n) is 3.76. The van der Waals surface area contributed by atoms with E-state index in [0.29, 0.717) is 11.5 Å². The van der Waals surface area contributed by atoms with Crippen LogP contribution in [0.15, 0.2) is 24.3 Å². The third-order valence-electron chi connectivity index (χ3n) is 2.03. The molecule has 1 aromatic carbocycles. The SMILES string of the molecule is CC(C)C[C@H](N)c1ccccc1F.Cl. The van der Waals surface area contributed by atoms with Crippen molar-refractivity contribution in [2.75, 3.05) is 0 Å². The number of benzene rings is 1. The molecular weight excluding hydrogens is 201 g/mol. The minimum atomic E-state index is -0.198. The van der Waals surface area contributed by atoms with Gasteiger partial charge in [0.05, 0.1) is 0 Å². The molecular formula is C11H17ClFN. The Bertz CT molecular complexity index is 276. The Morgan fingerprint density at radius 2 is 1.86 bits per heavy atom. The van der Waals surface area contributed by atoms with Crippen molar-refractivity contribution in [3.05, 3.63) is 35.6 Å². The Morgan fingerprint density at radius 3 is 2.36 bits per heavy atom. The molecule has 0 aromatic heterocycles. The van der Waals surface area contributed by atoms with Crippen LogP contribution >= 0.6 is 12.4 Å². The summed E-state index contributed by atoms with van der Waals surface area (Å²) in [5.74, 6) is 0.297. The lowest BCUT2D eigenvalue weighted by Crippen LogP contribution is -2.14. The van der Waals surface area contributed by atoms with E-state index in [0.717, 1.165) is 6.42 Å². The highest BCUT2D eigenvalue weighted by Crippen LogP contribution is 2.20. The molecule has 3 heteroatoms. The maximum absolute atomic E-state index is 13.2. The van der Waals surface area contributed by atoms with Gasteiger partial charge < -0.3 is 5.73 Å². The van der Waals surface area contributed by atoms with Gasteiger partial charge in [-0.25, -0.2) is 4.39 Å². The molecule has 2 N–H and O–H groups in total. The fourth-order valence-corrected chi connectivity index (χ4v) is 1.41. The lowest BCUT2D eigenvalue weighted by Gasteiger charge is -2.14. The van der Waals surface area contributed by atoms with Gasteiger partial charge in [0.25, 0.3) is 0 Å². The largest absolute Gasteiger partial charge is 0.324 e. The van der Waals surface area contributed by atoms with Crippen LogP contribution in [-0.4, -0.2) is 0 Å². The number of rotatable bonds is 3. The summed E-state index contributed by atoms with van der Waals surface area (Å²) in [6.07, 6.45) is 0.820. The van der Waals surface area contributed by atoms with E-state index in [1.165, 1.54) is 6.07 Å². The van der Waals surface area contributed by atoms with Gasteiger partial charge in [-0.2, -0.15) is 0 Å². The Balaban J connectivity index is 0.00000169. The van der Waals surface area contributed by atoms with Crippen LogP contribution in [0.1, 0.15) is 31.9 Å². The molecule has 1 rings (SSSR count). The third kappa shape index (κ3) is 3.64. The van der Waals surface area contributed by atoms with E-state index in [4.69, 9.17) is 5.73 Å². The molecule has 80 valence electrons. The molecule has 0 spiro atoms. The number of nitrogens with two attached hydrogens (primary N) is 1. The molecule has 0 aliphatic carbocycles. The zero-order valence-corrected chi connectivity index (χ0v) is 9.35. The molecule has 0 fully saturated rings. The van der Waals surface area contributed by atoms with Gasteiger partial charge in [0.2, 0.25) is 0 Å². The van der Waals surface area contributed by atoms with E-state index >= 15 is 0 Å². The van der Waals surface area contributed by atoms with Gasteiger partial charge in [0, 0.05) is 11.6 Å². The summed E-state index contributed by atoms with van der Waals surface area (Å²) < 4.78 is 13.2. The normalized spacial score (nSPS) is 12.4. The average Bonchev–Trinajstić information content (AvgIpc) is 2.03. The van der Waals surface area contributed by atoms with Gasteiger partial charge >= 0.3 is 0 Å². The molecule has 0 aliphatic rings. The maximum atomic E-state index is 13.2. The van der Waals surface area contributed by atoms with Crippen molar-refractivity contribution in [1.29, 1.82) is 0 Å². The van der Waals surface area contributed by atoms with Gasteiger partial charge in [0.15, 0.2) is 0 Å². The van der Waals surface area contributed by atoms with Crippen molar-refractivity contribution in [3.8, 4) is 0 Å². The molecule has 0 unspecified atom stereocenters. The van der Waals surface area contributed by atoms with E-state index in [2.05, 4.69) is 13.8 Å². The molecule has 1 nitrogen and oxygen atoms in total. The van der Waals surface area contributed by atoms with Crippen LogP contribution in [0.3, 0.4) is 0 Å². The summed E-state index contributed by atoms with van der Waals surface area (Å²) >= 11 is 0. The minimum Gasteiger partial charge on any atom is -0.324 e. The van der Waals surface area contributed by atoms with Gasteiger partial charge in [-0.1, -0.05) is 32.0 Å². The molecule has 1 atom stereocenters. The van der Waals surface area contributed by atoms with Crippen molar-refractivity contribution in [2.24, 2.45) is 11.7 Å². The van der Waals surface area contributed by atoms with Gasteiger partial charge in [-0.05, 0) is 18.4 Å². The maximum Gasteiger partial charge on any atom is 0.127 e. The van der Waals surface area contributed by atoms with E-state index < -0.39 is 0 Å². The predicted molar refractivity (Wildman–Crippen MR) is 60.0 cm³/mol. The van der Waals surface area contributed by atoms with E-state index in [1.54, 1.807) is 12.1 Å². The molecule has 0 saturated heterocycles. The molecule has 1 aromatic rings. The zero-order chi connectivity index (χ0) is 9.84. The van der Waals surface area contributed by atoms with Crippen LogP contribution in [0.4, 0.5) is 4.39 Å². The summed E-state index contributed by atoms with van der Waals surface area (Å²) in [6.45, 7) is 4.17. The number of hydrogen-bond acceptors (Lipinski definition) is 1. The molecule has 0 heterocycles. The molecule has 0 radical (unpaired) electrons. The van der Waals surface area contributed by atoms with Crippen molar-refractivity contribution >= 4 is 12.4 Å². The highest BCUT2D eigenvalue weighted by molar-refractivity contribution is 5.85. The predicted octanol–water partition coefficient (Wildman–Crippen LogP) is 3.29. The molecule has 0 saturated carbocycles. The first-order valence-electron chi connectivity index (χ1n) is 4.61. The zero-order valence-electron chi connectivity index (χ0n) is 8.53. The lowest BCUT2D eigenvalue weighted by molar-refractivity contribution is 0.489. The molecule has 14 heavy (non-hydrogen) atoms. The first-order valence-corrected chi connectivity index (χ1v) is 4.61. The van der Waals surface area contributed by atoms with Crippen LogP contribution in [0.25, 0.3) is 0 Å². The Kier molecular flexibility index (Phi) is 5.73. The molecule has 0 aliphatic heterocycles. The quantitative estimate of drug-likeness (QED) is 0.826. The van der Waals surface area contributed by atoms with Gasteiger partial charge in [0.1, 0.15) is 5.82 Å². The van der Waals surface area contributed by atoms with E-state index in [-0.39, 0.29) is 24.3 Å². The van der Waals surface area contributed by atoms with Crippen molar-refractivity contribution in [1.82, 2.24) is 0 Å². The van der Waals surface area contributed by atoms with Crippen LogP contribution < -0.4 is 5.73 Å². The second-order valence-corrected chi connectivity index (χ2v) is 3.76. The summed E-state index contributed by atoms with van der Waals surface area (Å²) in [5, 5.41) is 0. The number of halogens is 2. The Hall–Kier alpha value is -0.600. The fraction of sp³-hybridized carbons (Fsp3) is 0.455. The lowest BCUT2D eigenvalue weighted by atomic mass is 9.97. The standard InChI is InChI=1S/C11H16FN.ClH/c1-8(2)7-11(13)9-5-3-4-6-10(9)12;/h3-6,8,11H,7,13H2,1-2H3;1H/t11-;/m0./s1. The number of hydrogen-bond donors (Lipinski definition) is 1. The molecule has 0 bridgehead atoms. The highest BCUT2D eigenvalue weighted by Gasteiger charge is 2.11. The Labute approximate surface area is 90.9 Å². The highest BCUT2D eigenvalue weighted by atomic mass is 35.5. The fourth-order valence-electron chi connectivity index (χ4n) is 1.41. The van der Waals surface area contributed by atoms with Crippen LogP contribution in [-0.2, 0) is 0 Å². The third-order valence-corrected chi connectivity index (χ3v) is 2.03. The van der Waals surface area contributed by atoms with Crippen LogP contribution in [0.2, 0.25) is 0 Å². The van der Waals surface area contributed by atoms with Crippen molar-refractivity contribution in [2.45, 2.75) is 26.3 Å². The topological polar surface area (TPSA) is 26.0 Å². The average molecular weight is 218 g/mol. The summed E-state index contributed by atoms with van der Waals surface area (Å²) in [6, 6.07) is 6.53. The van der Waals surface area contributed by atoms with E-state index in [1.807, 2.05) is 6.07 Å². The van der Waals surface area contributed by atoms with Crippen molar-refractivity contribution in [3.63, 3.8) is 0 Å². The van der Waals surface area contributed by atoms with E-state index in [9.17, 15) is 4.39 Å². The summed E-state index contributed by atoms with van der Waals surface area (Å²) in [4.78, 5) is 0. The summed E-state index contributed by atoms with van der Waals surface area (Å²) in [5.41, 5.74) is 6.48.